The summed E-state index contributed by atoms with van der Waals surface area (Å²) in [7, 11) is 0. The zero-order valence-electron chi connectivity index (χ0n) is 16.9. The maximum Gasteiger partial charge on any atom is 0.339 e. The molecular weight excluding hydrogens is 407 g/mol. The molecule has 0 bridgehead atoms. The van der Waals surface area contributed by atoms with E-state index in [4.69, 9.17) is 22.1 Å². The Morgan fingerprint density at radius 3 is 2.57 bits per heavy atom. The van der Waals surface area contributed by atoms with Gasteiger partial charge >= 0.3 is 5.97 Å². The highest BCUT2D eigenvalue weighted by atomic mass is 35.5. The van der Waals surface area contributed by atoms with E-state index in [0.29, 0.717) is 35.4 Å². The van der Waals surface area contributed by atoms with Crippen LogP contribution in [0.25, 0.3) is 0 Å². The Bertz CT molecular complexity index is 1030. The summed E-state index contributed by atoms with van der Waals surface area (Å²) >= 11 is 6.08. The first kappa shape index (κ1) is 20.7. The summed E-state index contributed by atoms with van der Waals surface area (Å²) < 4.78 is 19.9. The number of amides is 1. The number of nitrogens with one attached hydrogen (secondary N) is 1. The number of rotatable bonds is 4. The summed E-state index contributed by atoms with van der Waals surface area (Å²) in [5, 5.41) is 3.85. The molecule has 5 nitrogen and oxygen atoms in total. The lowest BCUT2D eigenvalue weighted by molar-refractivity contribution is -0.146. The third-order valence-electron chi connectivity index (χ3n) is 6.26. The maximum atomic E-state index is 14.4. The number of ether oxygens (including phenoxy) is 1. The van der Waals surface area contributed by atoms with Crippen LogP contribution in [0.3, 0.4) is 0 Å². The van der Waals surface area contributed by atoms with Crippen molar-refractivity contribution in [3.05, 3.63) is 63.9 Å². The largest absolute Gasteiger partial charge is 0.445 e. The average molecular weight is 431 g/mol. The van der Waals surface area contributed by atoms with Crippen molar-refractivity contribution in [1.82, 2.24) is 0 Å². The first-order chi connectivity index (χ1) is 14.1. The van der Waals surface area contributed by atoms with E-state index in [2.05, 4.69) is 5.32 Å². The number of carbonyl (C=O) groups is 2. The van der Waals surface area contributed by atoms with Crippen molar-refractivity contribution >= 4 is 29.2 Å². The van der Waals surface area contributed by atoms with Gasteiger partial charge in [0.2, 0.25) is 0 Å². The van der Waals surface area contributed by atoms with Crippen LogP contribution < -0.4 is 11.1 Å². The molecular formula is C23H24ClFN2O3. The third kappa shape index (κ3) is 3.54. The lowest BCUT2D eigenvalue weighted by Gasteiger charge is -2.40. The van der Waals surface area contributed by atoms with E-state index in [-0.39, 0.29) is 17.3 Å². The number of benzene rings is 2. The van der Waals surface area contributed by atoms with Gasteiger partial charge in [-0.2, -0.15) is 0 Å². The lowest BCUT2D eigenvalue weighted by Crippen LogP contribution is -2.52. The van der Waals surface area contributed by atoms with Crippen LogP contribution in [0, 0.1) is 5.82 Å². The molecule has 1 aliphatic carbocycles. The number of fused-ring (bicyclic) bond motifs is 1. The Labute approximate surface area is 179 Å². The predicted octanol–water partition coefficient (Wildman–Crippen LogP) is 4.88. The number of hydrogen-bond acceptors (Lipinski definition) is 4. The number of esters is 1. The monoisotopic (exact) mass is 430 g/mol. The van der Waals surface area contributed by atoms with Crippen LogP contribution in [0.1, 0.15) is 67.1 Å². The molecule has 2 aromatic rings. The third-order valence-corrected chi connectivity index (χ3v) is 6.50. The number of hydrogen-bond donors (Lipinski definition) is 2. The first-order valence-corrected chi connectivity index (χ1v) is 10.4. The molecule has 30 heavy (non-hydrogen) atoms. The number of halogens is 2. The van der Waals surface area contributed by atoms with Crippen molar-refractivity contribution < 1.29 is 18.7 Å². The normalized spacial score (nSPS) is 21.0. The second-order valence-electron chi connectivity index (χ2n) is 8.81. The van der Waals surface area contributed by atoms with Crippen LogP contribution in [0.5, 0.6) is 0 Å². The molecule has 1 heterocycles. The summed E-state index contributed by atoms with van der Waals surface area (Å²) in [6.45, 7) is 4.10. The van der Waals surface area contributed by atoms with Gasteiger partial charge in [0.15, 0.2) is 5.60 Å². The van der Waals surface area contributed by atoms with Crippen LogP contribution in [-0.4, -0.2) is 17.5 Å². The van der Waals surface area contributed by atoms with E-state index < -0.39 is 17.5 Å². The molecule has 2 aliphatic rings. The van der Waals surface area contributed by atoms with Crippen LogP contribution >= 0.6 is 11.6 Å². The molecule has 2 aromatic carbocycles. The lowest BCUT2D eigenvalue weighted by atomic mass is 9.73. The topological polar surface area (TPSA) is 81.4 Å². The molecule has 0 radical (unpaired) electrons. The van der Waals surface area contributed by atoms with E-state index in [1.165, 1.54) is 12.1 Å². The molecule has 3 N–H and O–H groups in total. The molecule has 1 amide bonds. The van der Waals surface area contributed by atoms with Gasteiger partial charge in [0.05, 0.1) is 11.6 Å². The average Bonchev–Trinajstić information content (AvgIpc) is 2.65. The Morgan fingerprint density at radius 1 is 1.20 bits per heavy atom. The fourth-order valence-electron chi connectivity index (χ4n) is 4.32. The molecule has 0 spiro atoms. The maximum absolute atomic E-state index is 14.4. The molecule has 1 unspecified atom stereocenters. The van der Waals surface area contributed by atoms with Crippen LogP contribution in [-0.2, 0) is 14.9 Å². The molecule has 0 aromatic heterocycles. The van der Waals surface area contributed by atoms with E-state index in [1.54, 1.807) is 24.3 Å². The SMILES string of the molecule is CC1(C)CC(c2cc(Cl)ccc2F)Nc2ccc(C(=O)OC3(C(N)=O)CCC3)cc21. The van der Waals surface area contributed by atoms with Crippen molar-refractivity contribution in [2.45, 2.75) is 56.6 Å². The first-order valence-electron chi connectivity index (χ1n) is 10.0. The molecule has 158 valence electrons. The molecule has 7 heteroatoms. The van der Waals surface area contributed by atoms with Gasteiger partial charge in [-0.05, 0) is 73.1 Å². The quantitative estimate of drug-likeness (QED) is 0.677. The van der Waals surface area contributed by atoms with Crippen molar-refractivity contribution in [3.8, 4) is 0 Å². The zero-order chi connectivity index (χ0) is 21.7. The number of primary amides is 1. The summed E-state index contributed by atoms with van der Waals surface area (Å²) in [5.74, 6) is -1.47. The second-order valence-corrected chi connectivity index (χ2v) is 9.25. The number of anilines is 1. The predicted molar refractivity (Wildman–Crippen MR) is 113 cm³/mol. The zero-order valence-corrected chi connectivity index (χ0v) is 17.7. The van der Waals surface area contributed by atoms with E-state index in [0.717, 1.165) is 17.7 Å². The Kier molecular flexibility index (Phi) is 5.01. The van der Waals surface area contributed by atoms with E-state index >= 15 is 0 Å². The molecule has 1 atom stereocenters. The molecule has 1 saturated carbocycles. The summed E-state index contributed by atoms with van der Waals surface area (Å²) in [5.41, 5.74) is 6.54. The Hall–Kier alpha value is -2.60. The highest BCUT2D eigenvalue weighted by molar-refractivity contribution is 6.30. The van der Waals surface area contributed by atoms with Gasteiger partial charge in [-0.25, -0.2) is 9.18 Å². The van der Waals surface area contributed by atoms with Gasteiger partial charge in [0.1, 0.15) is 5.82 Å². The minimum Gasteiger partial charge on any atom is -0.445 e. The van der Waals surface area contributed by atoms with Crippen LogP contribution in [0.15, 0.2) is 36.4 Å². The number of carbonyl (C=O) groups excluding carboxylic acids is 2. The van der Waals surface area contributed by atoms with Crippen molar-refractivity contribution in [3.63, 3.8) is 0 Å². The Morgan fingerprint density at radius 2 is 1.93 bits per heavy atom. The van der Waals surface area contributed by atoms with Crippen molar-refractivity contribution in [2.75, 3.05) is 5.32 Å². The summed E-state index contributed by atoms with van der Waals surface area (Å²) in [4.78, 5) is 24.4. The molecule has 1 aliphatic heterocycles. The van der Waals surface area contributed by atoms with Gasteiger partial charge < -0.3 is 15.8 Å². The Balaban J connectivity index is 1.62. The smallest absolute Gasteiger partial charge is 0.339 e. The summed E-state index contributed by atoms with van der Waals surface area (Å²) in [6.07, 6.45) is 2.33. The fraction of sp³-hybridized carbons (Fsp3) is 0.391. The van der Waals surface area contributed by atoms with Gasteiger partial charge in [-0.15, -0.1) is 0 Å². The molecule has 1 fully saturated rings. The second kappa shape index (κ2) is 7.27. The van der Waals surface area contributed by atoms with Crippen LogP contribution in [0.4, 0.5) is 10.1 Å². The minimum atomic E-state index is -1.18. The highest BCUT2D eigenvalue weighted by Crippen LogP contribution is 2.45. The van der Waals surface area contributed by atoms with Crippen molar-refractivity contribution in [2.24, 2.45) is 5.73 Å². The standard InChI is InChI=1S/C23H24ClFN2O3/c1-22(2)12-19(15-11-14(24)5-6-17(15)25)27-18-7-4-13(10-16(18)22)20(28)30-23(21(26)29)8-3-9-23/h4-7,10-11,19,27H,3,8-9,12H2,1-2H3,(H2,26,29). The minimum absolute atomic E-state index is 0.253. The summed E-state index contributed by atoms with van der Waals surface area (Å²) in [6, 6.07) is 9.51. The van der Waals surface area contributed by atoms with Crippen LogP contribution in [0.2, 0.25) is 5.02 Å². The fourth-order valence-corrected chi connectivity index (χ4v) is 4.50. The van der Waals surface area contributed by atoms with Crippen molar-refractivity contribution in [1.29, 1.82) is 0 Å². The van der Waals surface area contributed by atoms with Gasteiger partial charge in [0.25, 0.3) is 5.91 Å². The van der Waals surface area contributed by atoms with E-state index in [9.17, 15) is 14.0 Å². The molecule has 0 saturated heterocycles. The van der Waals surface area contributed by atoms with Gasteiger partial charge in [-0.3, -0.25) is 4.79 Å². The van der Waals surface area contributed by atoms with Gasteiger partial charge in [-0.1, -0.05) is 25.4 Å². The van der Waals surface area contributed by atoms with E-state index in [1.807, 2.05) is 13.8 Å². The number of nitrogens with two attached hydrogens (primary N) is 1. The molecule has 4 rings (SSSR count). The van der Waals surface area contributed by atoms with Gasteiger partial charge in [0, 0.05) is 16.3 Å². The highest BCUT2D eigenvalue weighted by Gasteiger charge is 2.47.